The average molecular weight is 262 g/mol. The predicted molar refractivity (Wildman–Crippen MR) is 72.2 cm³/mol. The Labute approximate surface area is 112 Å². The zero-order valence-corrected chi connectivity index (χ0v) is 10.9. The number of nitrogens with one attached hydrogen (secondary N) is 1. The van der Waals surface area contributed by atoms with E-state index in [1.807, 2.05) is 24.3 Å². The van der Waals surface area contributed by atoms with Gasteiger partial charge in [0, 0.05) is 31.1 Å². The van der Waals surface area contributed by atoms with Gasteiger partial charge >= 0.3 is 5.97 Å². The van der Waals surface area contributed by atoms with Crippen molar-refractivity contribution in [2.75, 3.05) is 25.0 Å². The molecular formula is C14H18N2O3. The number of aliphatic carboxylic acids is 1. The molecule has 1 aromatic carbocycles. The highest BCUT2D eigenvalue weighted by Crippen LogP contribution is 2.33. The van der Waals surface area contributed by atoms with Crippen LogP contribution in [0.1, 0.15) is 24.8 Å². The van der Waals surface area contributed by atoms with E-state index in [2.05, 4.69) is 5.32 Å². The van der Waals surface area contributed by atoms with E-state index in [0.29, 0.717) is 13.0 Å². The molecule has 1 atom stereocenters. The maximum atomic E-state index is 12.1. The van der Waals surface area contributed by atoms with Gasteiger partial charge in [0.15, 0.2) is 0 Å². The van der Waals surface area contributed by atoms with E-state index in [1.54, 1.807) is 6.92 Å². The van der Waals surface area contributed by atoms with E-state index in [0.717, 1.165) is 17.8 Å². The van der Waals surface area contributed by atoms with Gasteiger partial charge in [-0.25, -0.2) is 0 Å². The first-order valence-corrected chi connectivity index (χ1v) is 6.44. The Hall–Kier alpha value is -2.04. The Kier molecular flexibility index (Phi) is 4.04. The zero-order chi connectivity index (χ0) is 13.8. The van der Waals surface area contributed by atoms with E-state index in [4.69, 9.17) is 5.11 Å². The quantitative estimate of drug-likeness (QED) is 0.844. The third-order valence-electron chi connectivity index (χ3n) is 3.42. The van der Waals surface area contributed by atoms with Gasteiger partial charge < -0.3 is 15.3 Å². The number of hydrogen-bond acceptors (Lipinski definition) is 3. The topological polar surface area (TPSA) is 69.6 Å². The maximum absolute atomic E-state index is 12.1. The second-order valence-electron chi connectivity index (χ2n) is 4.67. The molecule has 0 bridgehead atoms. The summed E-state index contributed by atoms with van der Waals surface area (Å²) in [6.07, 6.45) is 0.352. The van der Waals surface area contributed by atoms with Crippen LogP contribution in [-0.2, 0) is 9.59 Å². The van der Waals surface area contributed by atoms with Crippen molar-refractivity contribution in [1.29, 1.82) is 0 Å². The molecule has 0 fully saturated rings. The minimum absolute atomic E-state index is 0.103. The van der Waals surface area contributed by atoms with Crippen LogP contribution in [0.5, 0.6) is 0 Å². The van der Waals surface area contributed by atoms with Crippen molar-refractivity contribution < 1.29 is 14.7 Å². The molecule has 0 aromatic heterocycles. The van der Waals surface area contributed by atoms with E-state index >= 15 is 0 Å². The lowest BCUT2D eigenvalue weighted by atomic mass is 9.97. The summed E-state index contributed by atoms with van der Waals surface area (Å²) in [6, 6.07) is 7.92. The number of carboxylic acid groups (broad SMARTS) is 1. The highest BCUT2D eigenvalue weighted by Gasteiger charge is 2.26. The number of para-hydroxylation sites is 1. The smallest absolute Gasteiger partial charge is 0.323 e. The fraction of sp³-hybridized carbons (Fsp3) is 0.429. The number of carbonyl (C=O) groups is 2. The van der Waals surface area contributed by atoms with Crippen molar-refractivity contribution in [2.45, 2.75) is 19.3 Å². The van der Waals surface area contributed by atoms with Gasteiger partial charge in [-0.2, -0.15) is 0 Å². The molecule has 102 valence electrons. The standard InChI is InChI=1S/C14H18N2O3/c1-2-16(9-14(18)19)13(17)7-10-8-15-12-6-4-3-5-11(10)12/h3-6,10,15H,2,7-9H2,1H3,(H,18,19). The van der Waals surface area contributed by atoms with Gasteiger partial charge in [0.1, 0.15) is 6.54 Å². The van der Waals surface area contributed by atoms with Crippen molar-refractivity contribution in [1.82, 2.24) is 4.90 Å². The summed E-state index contributed by atoms with van der Waals surface area (Å²) < 4.78 is 0. The lowest BCUT2D eigenvalue weighted by Crippen LogP contribution is -2.36. The number of nitrogens with zero attached hydrogens (tertiary/aromatic N) is 1. The third kappa shape index (κ3) is 3.05. The lowest BCUT2D eigenvalue weighted by molar-refractivity contribution is -0.144. The van der Waals surface area contributed by atoms with Gasteiger partial charge in [-0.3, -0.25) is 9.59 Å². The summed E-state index contributed by atoms with van der Waals surface area (Å²) in [6.45, 7) is 2.72. The summed E-state index contributed by atoms with van der Waals surface area (Å²) in [4.78, 5) is 24.2. The Morgan fingerprint density at radius 1 is 1.42 bits per heavy atom. The Morgan fingerprint density at radius 2 is 2.16 bits per heavy atom. The number of carbonyl (C=O) groups excluding carboxylic acids is 1. The normalized spacial score (nSPS) is 16.6. The van der Waals surface area contributed by atoms with Crippen molar-refractivity contribution in [2.24, 2.45) is 0 Å². The molecule has 0 radical (unpaired) electrons. The molecule has 5 nitrogen and oxygen atoms in total. The Morgan fingerprint density at radius 3 is 2.84 bits per heavy atom. The van der Waals surface area contributed by atoms with Crippen LogP contribution in [0, 0.1) is 0 Å². The molecule has 1 amide bonds. The van der Waals surface area contributed by atoms with Crippen LogP contribution in [0.2, 0.25) is 0 Å². The van der Waals surface area contributed by atoms with Crippen LogP contribution in [-0.4, -0.2) is 41.5 Å². The Balaban J connectivity index is 2.02. The fourth-order valence-corrected chi connectivity index (χ4v) is 2.42. The van der Waals surface area contributed by atoms with Crippen molar-refractivity contribution in [3.63, 3.8) is 0 Å². The van der Waals surface area contributed by atoms with Crippen LogP contribution < -0.4 is 5.32 Å². The summed E-state index contributed by atoms with van der Waals surface area (Å²) in [5.74, 6) is -0.944. The first-order valence-electron chi connectivity index (χ1n) is 6.44. The molecule has 19 heavy (non-hydrogen) atoms. The minimum Gasteiger partial charge on any atom is -0.480 e. The van der Waals surface area contributed by atoms with Gasteiger partial charge in [-0.1, -0.05) is 18.2 Å². The molecule has 0 saturated heterocycles. The molecule has 1 unspecified atom stereocenters. The summed E-state index contributed by atoms with van der Waals surface area (Å²) in [7, 11) is 0. The molecule has 1 aromatic rings. The number of carboxylic acids is 1. The fourth-order valence-electron chi connectivity index (χ4n) is 2.42. The van der Waals surface area contributed by atoms with Crippen LogP contribution >= 0.6 is 0 Å². The number of fused-ring (bicyclic) bond motifs is 1. The van der Waals surface area contributed by atoms with Crippen LogP contribution in [0.15, 0.2) is 24.3 Å². The monoisotopic (exact) mass is 262 g/mol. The second kappa shape index (κ2) is 5.73. The maximum Gasteiger partial charge on any atom is 0.323 e. The van der Waals surface area contributed by atoms with Gasteiger partial charge in [-0.15, -0.1) is 0 Å². The van der Waals surface area contributed by atoms with E-state index in [9.17, 15) is 9.59 Å². The van der Waals surface area contributed by atoms with Gasteiger partial charge in [0.25, 0.3) is 0 Å². The van der Waals surface area contributed by atoms with Crippen LogP contribution in [0.4, 0.5) is 5.69 Å². The number of rotatable bonds is 5. The number of benzene rings is 1. The van der Waals surface area contributed by atoms with E-state index < -0.39 is 5.97 Å². The number of amides is 1. The van der Waals surface area contributed by atoms with Gasteiger partial charge in [0.2, 0.25) is 5.91 Å². The number of hydrogen-bond donors (Lipinski definition) is 2. The molecule has 0 aliphatic carbocycles. The first kappa shape index (κ1) is 13.4. The molecule has 1 aliphatic rings. The Bertz CT molecular complexity index is 487. The molecule has 2 rings (SSSR count). The number of anilines is 1. The van der Waals surface area contributed by atoms with Gasteiger partial charge in [-0.05, 0) is 18.6 Å². The lowest BCUT2D eigenvalue weighted by Gasteiger charge is -2.20. The van der Waals surface area contributed by atoms with Crippen LogP contribution in [0.3, 0.4) is 0 Å². The molecule has 5 heteroatoms. The van der Waals surface area contributed by atoms with E-state index in [1.165, 1.54) is 4.90 Å². The van der Waals surface area contributed by atoms with Crippen LogP contribution in [0.25, 0.3) is 0 Å². The third-order valence-corrected chi connectivity index (χ3v) is 3.42. The average Bonchev–Trinajstić information content (AvgIpc) is 2.79. The highest BCUT2D eigenvalue weighted by atomic mass is 16.4. The van der Waals surface area contributed by atoms with Crippen molar-refractivity contribution in [3.05, 3.63) is 29.8 Å². The largest absolute Gasteiger partial charge is 0.480 e. The molecule has 1 heterocycles. The minimum atomic E-state index is -0.972. The number of likely N-dealkylation sites (N-methyl/N-ethyl adjacent to an activating group) is 1. The van der Waals surface area contributed by atoms with Gasteiger partial charge in [0.05, 0.1) is 0 Å². The molecule has 2 N–H and O–H groups in total. The summed E-state index contributed by atoms with van der Waals surface area (Å²) in [5.41, 5.74) is 2.21. The molecular weight excluding hydrogens is 244 g/mol. The first-order chi connectivity index (χ1) is 9.11. The van der Waals surface area contributed by atoms with E-state index in [-0.39, 0.29) is 18.4 Å². The predicted octanol–water partition coefficient (Wildman–Crippen LogP) is 1.52. The van der Waals surface area contributed by atoms with Crippen molar-refractivity contribution >= 4 is 17.6 Å². The summed E-state index contributed by atoms with van der Waals surface area (Å²) in [5, 5.41) is 12.0. The zero-order valence-electron chi connectivity index (χ0n) is 10.9. The second-order valence-corrected chi connectivity index (χ2v) is 4.67. The van der Waals surface area contributed by atoms with Crippen molar-refractivity contribution in [3.8, 4) is 0 Å². The SMILES string of the molecule is CCN(CC(=O)O)C(=O)CC1CNc2ccccc21. The molecule has 0 spiro atoms. The molecule has 0 saturated carbocycles. The summed E-state index contributed by atoms with van der Waals surface area (Å²) >= 11 is 0. The highest BCUT2D eigenvalue weighted by molar-refractivity contribution is 5.82. The molecule has 1 aliphatic heterocycles.